The summed E-state index contributed by atoms with van der Waals surface area (Å²) in [4.78, 5) is 34.1. The van der Waals surface area contributed by atoms with Crippen LogP contribution < -0.4 is 5.32 Å². The summed E-state index contributed by atoms with van der Waals surface area (Å²) in [5.74, 6) is -3.91. The first-order chi connectivity index (χ1) is 10.5. The van der Waals surface area contributed by atoms with E-state index >= 15 is 0 Å². The van der Waals surface area contributed by atoms with Gasteiger partial charge in [0.25, 0.3) is 0 Å². The topological polar surface area (TPSA) is 113 Å². The smallest absolute Gasteiger partial charge is 0.412 e. The number of hydrogen-bond acceptors (Lipinski definition) is 4. The summed E-state index contributed by atoms with van der Waals surface area (Å²) in [6.45, 7) is 5.03. The highest BCUT2D eigenvalue weighted by Gasteiger charge is 2.27. The summed E-state index contributed by atoms with van der Waals surface area (Å²) in [5.41, 5.74) is -0.508. The van der Waals surface area contributed by atoms with Gasteiger partial charge in [-0.2, -0.15) is 0 Å². The monoisotopic (exact) mass is 343 g/mol. The standard InChI is InChI=1S/C15H18ClNO6/c1-15(2,3)23-14(22)17-11-6-8(16)4-5-9(11)10(13(20)21)7-12(18)19/h4-6,10H,7H2,1-3H3,(H,17,22)(H,18,19)(H,20,21). The lowest BCUT2D eigenvalue weighted by molar-refractivity contribution is -0.145. The van der Waals surface area contributed by atoms with E-state index in [0.29, 0.717) is 0 Å². The molecule has 0 saturated carbocycles. The molecule has 23 heavy (non-hydrogen) atoms. The van der Waals surface area contributed by atoms with E-state index in [-0.39, 0.29) is 16.3 Å². The van der Waals surface area contributed by atoms with E-state index in [1.54, 1.807) is 20.8 Å². The molecule has 1 unspecified atom stereocenters. The number of anilines is 1. The number of ether oxygens (including phenoxy) is 1. The van der Waals surface area contributed by atoms with Crippen LogP contribution in [-0.2, 0) is 14.3 Å². The Kier molecular flexibility index (Phi) is 5.98. The van der Waals surface area contributed by atoms with Gasteiger partial charge in [-0.25, -0.2) is 4.79 Å². The van der Waals surface area contributed by atoms with Crippen LogP contribution in [0.3, 0.4) is 0 Å². The maximum atomic E-state index is 11.9. The van der Waals surface area contributed by atoms with Crippen molar-refractivity contribution in [3.8, 4) is 0 Å². The summed E-state index contributed by atoms with van der Waals surface area (Å²) in [6, 6.07) is 4.14. The van der Waals surface area contributed by atoms with Gasteiger partial charge in [-0.05, 0) is 38.5 Å². The van der Waals surface area contributed by atoms with Gasteiger partial charge in [0.05, 0.1) is 12.3 Å². The van der Waals surface area contributed by atoms with Crippen LogP contribution in [0, 0.1) is 0 Å². The number of carbonyl (C=O) groups excluding carboxylic acids is 1. The van der Waals surface area contributed by atoms with Crippen molar-refractivity contribution in [2.24, 2.45) is 0 Å². The number of halogens is 1. The Hall–Kier alpha value is -2.28. The third kappa shape index (κ3) is 6.15. The van der Waals surface area contributed by atoms with Crippen molar-refractivity contribution < 1.29 is 29.3 Å². The Bertz CT molecular complexity index is 623. The predicted molar refractivity (Wildman–Crippen MR) is 83.9 cm³/mol. The van der Waals surface area contributed by atoms with Gasteiger partial charge in [-0.15, -0.1) is 0 Å². The fourth-order valence-electron chi connectivity index (χ4n) is 1.86. The van der Waals surface area contributed by atoms with Crippen LogP contribution in [0.25, 0.3) is 0 Å². The molecule has 0 saturated heterocycles. The SMILES string of the molecule is CC(C)(C)OC(=O)Nc1cc(Cl)ccc1C(CC(=O)O)C(=O)O. The molecule has 0 fully saturated rings. The van der Waals surface area contributed by atoms with E-state index in [0.717, 1.165) is 0 Å². The van der Waals surface area contributed by atoms with Crippen molar-refractivity contribution in [3.63, 3.8) is 0 Å². The highest BCUT2D eigenvalue weighted by Crippen LogP contribution is 2.30. The molecule has 0 radical (unpaired) electrons. The maximum absolute atomic E-state index is 11.9. The number of benzene rings is 1. The molecule has 1 aromatic rings. The van der Waals surface area contributed by atoms with Crippen molar-refractivity contribution in [2.75, 3.05) is 5.32 Å². The maximum Gasteiger partial charge on any atom is 0.412 e. The highest BCUT2D eigenvalue weighted by molar-refractivity contribution is 6.31. The number of carboxylic acids is 2. The summed E-state index contributed by atoms with van der Waals surface area (Å²) in [7, 11) is 0. The number of carboxylic acid groups (broad SMARTS) is 2. The summed E-state index contributed by atoms with van der Waals surface area (Å²) < 4.78 is 5.10. The van der Waals surface area contributed by atoms with E-state index in [4.69, 9.17) is 21.4 Å². The Balaban J connectivity index is 3.16. The first-order valence-electron chi connectivity index (χ1n) is 6.73. The van der Waals surface area contributed by atoms with Gasteiger partial charge in [-0.3, -0.25) is 14.9 Å². The van der Waals surface area contributed by atoms with E-state index < -0.39 is 36.0 Å². The average molecular weight is 344 g/mol. The summed E-state index contributed by atoms with van der Waals surface area (Å²) in [5, 5.41) is 20.8. The van der Waals surface area contributed by atoms with E-state index in [1.807, 2.05) is 0 Å². The quantitative estimate of drug-likeness (QED) is 0.755. The molecule has 0 aliphatic rings. The van der Waals surface area contributed by atoms with Gasteiger partial charge >= 0.3 is 18.0 Å². The van der Waals surface area contributed by atoms with Crippen LogP contribution in [-0.4, -0.2) is 33.8 Å². The molecule has 1 atom stereocenters. The van der Waals surface area contributed by atoms with Gasteiger partial charge in [0.15, 0.2) is 0 Å². The summed E-state index contributed by atoms with van der Waals surface area (Å²) >= 11 is 5.87. The molecule has 126 valence electrons. The van der Waals surface area contributed by atoms with Crippen molar-refractivity contribution in [3.05, 3.63) is 28.8 Å². The third-order valence-electron chi connectivity index (χ3n) is 2.70. The Morgan fingerprint density at radius 2 is 1.87 bits per heavy atom. The zero-order valence-electron chi connectivity index (χ0n) is 12.9. The Morgan fingerprint density at radius 3 is 2.35 bits per heavy atom. The largest absolute Gasteiger partial charge is 0.481 e. The van der Waals surface area contributed by atoms with Crippen LogP contribution in [0.2, 0.25) is 5.02 Å². The third-order valence-corrected chi connectivity index (χ3v) is 2.94. The molecule has 3 N–H and O–H groups in total. The fourth-order valence-corrected chi connectivity index (χ4v) is 2.03. The first-order valence-corrected chi connectivity index (χ1v) is 7.11. The molecule has 1 rings (SSSR count). The molecular weight excluding hydrogens is 326 g/mol. The minimum absolute atomic E-state index is 0.0976. The number of rotatable bonds is 5. The molecule has 7 nitrogen and oxygen atoms in total. The second-order valence-corrected chi connectivity index (χ2v) is 6.28. The van der Waals surface area contributed by atoms with Crippen molar-refractivity contribution in [2.45, 2.75) is 38.7 Å². The normalized spacial score (nSPS) is 12.3. The molecule has 0 bridgehead atoms. The van der Waals surface area contributed by atoms with Gasteiger partial charge in [0.1, 0.15) is 5.60 Å². The van der Waals surface area contributed by atoms with Gasteiger partial charge in [-0.1, -0.05) is 17.7 Å². The highest BCUT2D eigenvalue weighted by atomic mass is 35.5. The van der Waals surface area contributed by atoms with Crippen LogP contribution in [0.15, 0.2) is 18.2 Å². The molecule has 0 aliphatic heterocycles. The molecule has 1 amide bonds. The van der Waals surface area contributed by atoms with Gasteiger partial charge < -0.3 is 14.9 Å². The molecule has 0 spiro atoms. The molecule has 1 aromatic carbocycles. The molecule has 0 heterocycles. The number of carbonyl (C=O) groups is 3. The predicted octanol–water partition coefficient (Wildman–Crippen LogP) is 3.33. The van der Waals surface area contributed by atoms with Crippen molar-refractivity contribution >= 4 is 35.3 Å². The molecular formula is C15H18ClNO6. The van der Waals surface area contributed by atoms with Crippen LogP contribution in [0.1, 0.15) is 38.7 Å². The zero-order chi connectivity index (χ0) is 17.8. The molecule has 0 aliphatic carbocycles. The minimum atomic E-state index is -1.32. The minimum Gasteiger partial charge on any atom is -0.481 e. The lowest BCUT2D eigenvalue weighted by atomic mass is 9.94. The number of amides is 1. The second kappa shape index (κ2) is 7.32. The Labute approximate surface area is 138 Å². The van der Waals surface area contributed by atoms with Crippen LogP contribution in [0.4, 0.5) is 10.5 Å². The van der Waals surface area contributed by atoms with Crippen molar-refractivity contribution in [1.29, 1.82) is 0 Å². The van der Waals surface area contributed by atoms with Gasteiger partial charge in [0, 0.05) is 10.7 Å². The molecule has 8 heteroatoms. The van der Waals surface area contributed by atoms with E-state index in [1.165, 1.54) is 18.2 Å². The van der Waals surface area contributed by atoms with Crippen LogP contribution in [0.5, 0.6) is 0 Å². The van der Waals surface area contributed by atoms with Gasteiger partial charge in [0.2, 0.25) is 0 Å². The first kappa shape index (κ1) is 18.8. The van der Waals surface area contributed by atoms with E-state index in [9.17, 15) is 19.5 Å². The molecule has 0 aromatic heterocycles. The van der Waals surface area contributed by atoms with E-state index in [2.05, 4.69) is 5.32 Å². The zero-order valence-corrected chi connectivity index (χ0v) is 13.7. The lowest BCUT2D eigenvalue weighted by Crippen LogP contribution is -2.28. The number of nitrogens with one attached hydrogen (secondary N) is 1. The lowest BCUT2D eigenvalue weighted by Gasteiger charge is -2.21. The summed E-state index contributed by atoms with van der Waals surface area (Å²) in [6.07, 6.45) is -1.42. The average Bonchev–Trinajstić information content (AvgIpc) is 2.33. The van der Waals surface area contributed by atoms with Crippen molar-refractivity contribution in [1.82, 2.24) is 0 Å². The second-order valence-electron chi connectivity index (χ2n) is 5.85. The number of hydrogen-bond donors (Lipinski definition) is 3. The van der Waals surface area contributed by atoms with Crippen LogP contribution >= 0.6 is 11.6 Å². The fraction of sp³-hybridized carbons (Fsp3) is 0.400. The number of aliphatic carboxylic acids is 2. The Morgan fingerprint density at radius 1 is 1.26 bits per heavy atom.